The molecule has 1 atom stereocenters. The SMILES string of the molecule is NC(=O)C1(c2ccccc2)Cc2c(Br)ccnc2O1. The molecule has 19 heavy (non-hydrogen) atoms. The number of aromatic nitrogens is 1. The fourth-order valence-electron chi connectivity index (χ4n) is 2.30. The predicted molar refractivity (Wildman–Crippen MR) is 73.6 cm³/mol. The molecular weight excluding hydrogens is 308 g/mol. The first-order chi connectivity index (χ1) is 9.13. The van der Waals surface area contributed by atoms with Crippen LogP contribution in [0.4, 0.5) is 0 Å². The van der Waals surface area contributed by atoms with Gasteiger partial charge in [0, 0.05) is 28.2 Å². The Hall–Kier alpha value is -1.88. The third-order valence-electron chi connectivity index (χ3n) is 3.29. The molecule has 0 saturated heterocycles. The minimum absolute atomic E-state index is 0.385. The highest BCUT2D eigenvalue weighted by atomic mass is 79.9. The van der Waals surface area contributed by atoms with E-state index in [9.17, 15) is 4.79 Å². The van der Waals surface area contributed by atoms with E-state index < -0.39 is 11.5 Å². The van der Waals surface area contributed by atoms with Gasteiger partial charge in [-0.15, -0.1) is 0 Å². The van der Waals surface area contributed by atoms with Crippen molar-refractivity contribution in [1.82, 2.24) is 4.98 Å². The molecule has 0 radical (unpaired) electrons. The van der Waals surface area contributed by atoms with E-state index in [4.69, 9.17) is 10.5 Å². The maximum atomic E-state index is 12.0. The van der Waals surface area contributed by atoms with Gasteiger partial charge in [0.15, 0.2) is 0 Å². The van der Waals surface area contributed by atoms with Gasteiger partial charge in [-0.25, -0.2) is 4.98 Å². The fraction of sp³-hybridized carbons (Fsp3) is 0.143. The van der Waals surface area contributed by atoms with Gasteiger partial charge in [-0.05, 0) is 6.07 Å². The Labute approximate surface area is 118 Å². The van der Waals surface area contributed by atoms with Gasteiger partial charge < -0.3 is 10.5 Å². The number of fused-ring (bicyclic) bond motifs is 1. The number of hydrogen-bond acceptors (Lipinski definition) is 3. The lowest BCUT2D eigenvalue weighted by Gasteiger charge is -2.25. The van der Waals surface area contributed by atoms with Crippen LogP contribution in [-0.4, -0.2) is 10.9 Å². The molecule has 2 N–H and O–H groups in total. The van der Waals surface area contributed by atoms with E-state index in [2.05, 4.69) is 20.9 Å². The molecule has 1 aromatic heterocycles. The van der Waals surface area contributed by atoms with Gasteiger partial charge >= 0.3 is 0 Å². The molecule has 5 heteroatoms. The first-order valence-corrected chi connectivity index (χ1v) is 6.60. The number of benzene rings is 1. The minimum atomic E-state index is -1.17. The molecule has 1 amide bonds. The summed E-state index contributed by atoms with van der Waals surface area (Å²) in [7, 11) is 0. The molecule has 1 aliphatic rings. The Morgan fingerprint density at radius 3 is 2.68 bits per heavy atom. The summed E-state index contributed by atoms with van der Waals surface area (Å²) < 4.78 is 6.68. The third-order valence-corrected chi connectivity index (χ3v) is 4.04. The van der Waals surface area contributed by atoms with Gasteiger partial charge in [0.2, 0.25) is 11.5 Å². The lowest BCUT2D eigenvalue weighted by atomic mass is 9.89. The zero-order valence-electron chi connectivity index (χ0n) is 9.97. The van der Waals surface area contributed by atoms with Crippen molar-refractivity contribution >= 4 is 21.8 Å². The number of carbonyl (C=O) groups excluding carboxylic acids is 1. The number of ether oxygens (including phenoxy) is 1. The van der Waals surface area contributed by atoms with Crippen molar-refractivity contribution in [2.45, 2.75) is 12.0 Å². The van der Waals surface area contributed by atoms with Gasteiger partial charge in [-0.2, -0.15) is 0 Å². The van der Waals surface area contributed by atoms with E-state index in [1.807, 2.05) is 36.4 Å². The molecule has 0 spiro atoms. The van der Waals surface area contributed by atoms with Gasteiger partial charge in [0.25, 0.3) is 5.91 Å². The van der Waals surface area contributed by atoms with E-state index >= 15 is 0 Å². The number of primary amides is 1. The average molecular weight is 319 g/mol. The van der Waals surface area contributed by atoms with Crippen LogP contribution < -0.4 is 10.5 Å². The van der Waals surface area contributed by atoms with Crippen LogP contribution in [0.2, 0.25) is 0 Å². The minimum Gasteiger partial charge on any atom is -0.455 e. The van der Waals surface area contributed by atoms with Gasteiger partial charge in [0.1, 0.15) is 0 Å². The molecule has 1 aliphatic heterocycles. The summed E-state index contributed by atoms with van der Waals surface area (Å²) in [5.74, 6) is -0.0550. The second-order valence-corrected chi connectivity index (χ2v) is 5.27. The second-order valence-electron chi connectivity index (χ2n) is 4.41. The van der Waals surface area contributed by atoms with Crippen LogP contribution in [0.15, 0.2) is 47.1 Å². The summed E-state index contributed by atoms with van der Waals surface area (Å²) in [6.45, 7) is 0. The van der Waals surface area contributed by atoms with Gasteiger partial charge in [-0.1, -0.05) is 46.3 Å². The number of carbonyl (C=O) groups is 1. The van der Waals surface area contributed by atoms with Crippen LogP contribution in [0.3, 0.4) is 0 Å². The maximum absolute atomic E-state index is 12.0. The van der Waals surface area contributed by atoms with Crippen LogP contribution in [0.25, 0.3) is 0 Å². The Morgan fingerprint density at radius 1 is 1.32 bits per heavy atom. The molecule has 0 saturated carbocycles. The van der Waals surface area contributed by atoms with Gasteiger partial charge in [-0.3, -0.25) is 4.79 Å². The summed E-state index contributed by atoms with van der Waals surface area (Å²) in [5.41, 5.74) is 6.03. The van der Waals surface area contributed by atoms with E-state index in [1.54, 1.807) is 6.20 Å². The quantitative estimate of drug-likeness (QED) is 0.922. The normalized spacial score (nSPS) is 20.7. The van der Waals surface area contributed by atoms with Crippen LogP contribution in [0, 0.1) is 0 Å². The smallest absolute Gasteiger partial charge is 0.266 e. The third kappa shape index (κ3) is 1.81. The van der Waals surface area contributed by atoms with Gasteiger partial charge in [0.05, 0.1) is 0 Å². The zero-order chi connectivity index (χ0) is 13.5. The number of halogens is 1. The number of amides is 1. The summed E-state index contributed by atoms with van der Waals surface area (Å²) in [4.78, 5) is 16.1. The van der Waals surface area contributed by atoms with Crippen LogP contribution in [-0.2, 0) is 16.8 Å². The molecule has 2 aromatic rings. The molecule has 0 fully saturated rings. The molecule has 2 heterocycles. The number of hydrogen-bond donors (Lipinski definition) is 1. The summed E-state index contributed by atoms with van der Waals surface area (Å²) in [5, 5.41) is 0. The maximum Gasteiger partial charge on any atom is 0.266 e. The molecule has 1 aromatic carbocycles. The highest BCUT2D eigenvalue weighted by Gasteiger charge is 2.47. The molecule has 0 aliphatic carbocycles. The standard InChI is InChI=1S/C14H11BrN2O2/c15-11-6-7-17-12-10(11)8-14(19-12,13(16)18)9-4-2-1-3-5-9/h1-7H,8H2,(H2,16,18). The summed E-state index contributed by atoms with van der Waals surface area (Å²) in [6.07, 6.45) is 2.01. The average Bonchev–Trinajstić information content (AvgIpc) is 2.82. The zero-order valence-corrected chi connectivity index (χ0v) is 11.6. The van der Waals surface area contributed by atoms with Crippen molar-refractivity contribution in [3.63, 3.8) is 0 Å². The molecular formula is C14H11BrN2O2. The van der Waals surface area contributed by atoms with Crippen molar-refractivity contribution in [2.24, 2.45) is 5.73 Å². The van der Waals surface area contributed by atoms with Crippen molar-refractivity contribution in [1.29, 1.82) is 0 Å². The molecule has 1 unspecified atom stereocenters. The van der Waals surface area contributed by atoms with E-state index in [0.29, 0.717) is 12.3 Å². The van der Waals surface area contributed by atoms with Crippen molar-refractivity contribution < 1.29 is 9.53 Å². The summed E-state index contributed by atoms with van der Waals surface area (Å²) >= 11 is 3.45. The molecule has 3 rings (SSSR count). The fourth-order valence-corrected chi connectivity index (χ4v) is 2.73. The van der Waals surface area contributed by atoms with Crippen molar-refractivity contribution in [3.8, 4) is 5.88 Å². The van der Waals surface area contributed by atoms with Crippen LogP contribution in [0.1, 0.15) is 11.1 Å². The largest absolute Gasteiger partial charge is 0.455 e. The van der Waals surface area contributed by atoms with Crippen molar-refractivity contribution in [3.05, 3.63) is 58.2 Å². The lowest BCUT2D eigenvalue weighted by Crippen LogP contribution is -2.45. The number of rotatable bonds is 2. The number of nitrogens with zero attached hydrogens (tertiary/aromatic N) is 1. The Bertz CT molecular complexity index is 645. The van der Waals surface area contributed by atoms with Crippen LogP contribution >= 0.6 is 15.9 Å². The molecule has 4 nitrogen and oxygen atoms in total. The Morgan fingerprint density at radius 2 is 2.05 bits per heavy atom. The first-order valence-electron chi connectivity index (χ1n) is 5.81. The van der Waals surface area contributed by atoms with Crippen LogP contribution in [0.5, 0.6) is 5.88 Å². The number of nitrogens with two attached hydrogens (primary N) is 1. The first kappa shape index (κ1) is 12.2. The van der Waals surface area contributed by atoms with E-state index in [0.717, 1.165) is 15.6 Å². The molecule has 96 valence electrons. The van der Waals surface area contributed by atoms with E-state index in [-0.39, 0.29) is 0 Å². The Balaban J connectivity index is 2.13. The van der Waals surface area contributed by atoms with E-state index in [1.165, 1.54) is 0 Å². The number of pyridine rings is 1. The van der Waals surface area contributed by atoms with Crippen molar-refractivity contribution in [2.75, 3.05) is 0 Å². The highest BCUT2D eigenvalue weighted by molar-refractivity contribution is 9.10. The lowest BCUT2D eigenvalue weighted by molar-refractivity contribution is -0.133. The predicted octanol–water partition coefficient (Wildman–Crippen LogP) is 2.16. The molecule has 0 bridgehead atoms. The second kappa shape index (κ2) is 4.35. The highest BCUT2D eigenvalue weighted by Crippen LogP contribution is 2.42. The summed E-state index contributed by atoms with van der Waals surface area (Å²) in [6, 6.07) is 11.1. The monoisotopic (exact) mass is 318 g/mol. The Kier molecular flexibility index (Phi) is 2.78. The topological polar surface area (TPSA) is 65.2 Å².